The molecule has 0 radical (unpaired) electrons. The van der Waals surface area contributed by atoms with E-state index in [2.05, 4.69) is 15.0 Å². The van der Waals surface area contributed by atoms with Crippen LogP contribution >= 0.6 is 0 Å². The van der Waals surface area contributed by atoms with Crippen molar-refractivity contribution >= 4 is 27.3 Å². The first-order valence-electron chi connectivity index (χ1n) is 6.90. The number of alkyl halides is 3. The standard InChI is InChI=1S/C15H14F3N3O3S/c1-9-12(7-8-13(19-9)15(16,17)18)14(22)20-10-3-5-11(6-4-10)21-25(2,23)24/h3-8,21H,1-2H3,(H,20,22). The number of nitrogens with zero attached hydrogens (tertiary/aromatic N) is 1. The Bertz CT molecular complexity index is 894. The molecule has 0 atom stereocenters. The van der Waals surface area contributed by atoms with Gasteiger partial charge in [0.05, 0.1) is 17.5 Å². The largest absolute Gasteiger partial charge is 0.433 e. The lowest BCUT2D eigenvalue weighted by molar-refractivity contribution is -0.141. The number of pyridine rings is 1. The van der Waals surface area contributed by atoms with Crippen LogP contribution in [0.25, 0.3) is 0 Å². The minimum absolute atomic E-state index is 0.00587. The minimum atomic E-state index is -4.58. The summed E-state index contributed by atoms with van der Waals surface area (Å²) in [5, 5.41) is 2.51. The Morgan fingerprint density at radius 1 is 1.04 bits per heavy atom. The number of carbonyl (C=O) groups excluding carboxylic acids is 1. The number of nitrogens with one attached hydrogen (secondary N) is 2. The number of halogens is 3. The fourth-order valence-electron chi connectivity index (χ4n) is 1.99. The van der Waals surface area contributed by atoms with Gasteiger partial charge in [-0.3, -0.25) is 9.52 Å². The lowest BCUT2D eigenvalue weighted by atomic mass is 10.1. The molecule has 10 heteroatoms. The first-order valence-corrected chi connectivity index (χ1v) is 8.79. The molecule has 134 valence electrons. The van der Waals surface area contributed by atoms with Crippen molar-refractivity contribution in [2.75, 3.05) is 16.3 Å². The molecule has 0 saturated carbocycles. The Morgan fingerprint density at radius 2 is 1.60 bits per heavy atom. The van der Waals surface area contributed by atoms with E-state index in [1.807, 2.05) is 0 Å². The minimum Gasteiger partial charge on any atom is -0.322 e. The first kappa shape index (κ1) is 18.7. The SMILES string of the molecule is Cc1nc(C(F)(F)F)ccc1C(=O)Nc1ccc(NS(C)(=O)=O)cc1. The summed E-state index contributed by atoms with van der Waals surface area (Å²) in [6.07, 6.45) is -3.58. The van der Waals surface area contributed by atoms with E-state index in [0.717, 1.165) is 18.4 Å². The van der Waals surface area contributed by atoms with Gasteiger partial charge in [0, 0.05) is 11.4 Å². The third-order valence-corrected chi connectivity index (χ3v) is 3.67. The topological polar surface area (TPSA) is 88.2 Å². The van der Waals surface area contributed by atoms with Gasteiger partial charge in [-0.2, -0.15) is 13.2 Å². The number of rotatable bonds is 4. The van der Waals surface area contributed by atoms with Crippen molar-refractivity contribution in [3.63, 3.8) is 0 Å². The smallest absolute Gasteiger partial charge is 0.322 e. The van der Waals surface area contributed by atoms with E-state index in [4.69, 9.17) is 0 Å². The third kappa shape index (κ3) is 5.18. The van der Waals surface area contributed by atoms with Gasteiger partial charge in [-0.15, -0.1) is 0 Å². The molecule has 1 heterocycles. The fourth-order valence-corrected chi connectivity index (χ4v) is 2.56. The molecule has 0 spiro atoms. The lowest BCUT2D eigenvalue weighted by Crippen LogP contribution is -2.16. The van der Waals surface area contributed by atoms with E-state index >= 15 is 0 Å². The predicted octanol–water partition coefficient (Wildman–Crippen LogP) is 3.03. The number of hydrogen-bond acceptors (Lipinski definition) is 4. The molecule has 1 amide bonds. The third-order valence-electron chi connectivity index (χ3n) is 3.07. The maximum Gasteiger partial charge on any atom is 0.433 e. The van der Waals surface area contributed by atoms with Gasteiger partial charge in [-0.25, -0.2) is 13.4 Å². The van der Waals surface area contributed by atoms with Crippen molar-refractivity contribution in [1.82, 2.24) is 4.98 Å². The number of sulfonamides is 1. The van der Waals surface area contributed by atoms with Gasteiger partial charge in [-0.05, 0) is 43.3 Å². The van der Waals surface area contributed by atoms with Crippen LogP contribution in [0.2, 0.25) is 0 Å². The van der Waals surface area contributed by atoms with Crippen LogP contribution in [0, 0.1) is 6.92 Å². The average Bonchev–Trinajstić information content (AvgIpc) is 2.46. The van der Waals surface area contributed by atoms with Crippen molar-refractivity contribution in [3.8, 4) is 0 Å². The van der Waals surface area contributed by atoms with Crippen LogP contribution in [-0.4, -0.2) is 25.6 Å². The van der Waals surface area contributed by atoms with E-state index in [-0.39, 0.29) is 11.3 Å². The maximum absolute atomic E-state index is 12.6. The number of hydrogen-bond donors (Lipinski definition) is 2. The summed E-state index contributed by atoms with van der Waals surface area (Å²) in [5.41, 5.74) is -0.456. The van der Waals surface area contributed by atoms with Crippen LogP contribution in [0.1, 0.15) is 21.7 Å². The molecule has 0 bridgehead atoms. The summed E-state index contributed by atoms with van der Waals surface area (Å²) in [7, 11) is -3.42. The Morgan fingerprint density at radius 3 is 2.08 bits per heavy atom. The summed E-state index contributed by atoms with van der Waals surface area (Å²) >= 11 is 0. The molecule has 0 aliphatic carbocycles. The molecular weight excluding hydrogens is 359 g/mol. The molecule has 0 unspecified atom stereocenters. The zero-order valence-electron chi connectivity index (χ0n) is 13.2. The van der Waals surface area contributed by atoms with Crippen LogP contribution in [0.15, 0.2) is 36.4 Å². The molecule has 0 fully saturated rings. The summed E-state index contributed by atoms with van der Waals surface area (Å²) in [5.74, 6) is -0.623. The number of anilines is 2. The number of aromatic nitrogens is 1. The van der Waals surface area contributed by atoms with Gasteiger partial charge >= 0.3 is 6.18 Å². The van der Waals surface area contributed by atoms with Gasteiger partial charge in [0.2, 0.25) is 10.0 Å². The van der Waals surface area contributed by atoms with E-state index in [9.17, 15) is 26.4 Å². The van der Waals surface area contributed by atoms with E-state index in [1.165, 1.54) is 31.2 Å². The zero-order valence-corrected chi connectivity index (χ0v) is 14.0. The van der Waals surface area contributed by atoms with Crippen molar-refractivity contribution in [2.45, 2.75) is 13.1 Å². The highest BCUT2D eigenvalue weighted by Crippen LogP contribution is 2.28. The molecule has 1 aromatic carbocycles. The van der Waals surface area contributed by atoms with Gasteiger partial charge in [0.1, 0.15) is 5.69 Å². The second-order valence-corrected chi connectivity index (χ2v) is 6.98. The quantitative estimate of drug-likeness (QED) is 0.862. The number of carbonyl (C=O) groups is 1. The van der Waals surface area contributed by atoms with Crippen LogP contribution in [0.5, 0.6) is 0 Å². The van der Waals surface area contributed by atoms with Crippen molar-refractivity contribution < 1.29 is 26.4 Å². The molecule has 2 N–H and O–H groups in total. The molecule has 25 heavy (non-hydrogen) atoms. The second-order valence-electron chi connectivity index (χ2n) is 5.23. The Hall–Kier alpha value is -2.62. The Kier molecular flexibility index (Phi) is 5.02. The summed E-state index contributed by atoms with van der Waals surface area (Å²) < 4.78 is 62.3. The highest BCUT2D eigenvalue weighted by atomic mass is 32.2. The van der Waals surface area contributed by atoms with E-state index in [1.54, 1.807) is 0 Å². The molecular formula is C15H14F3N3O3S. The average molecular weight is 373 g/mol. The van der Waals surface area contributed by atoms with Crippen LogP contribution in [-0.2, 0) is 16.2 Å². The van der Waals surface area contributed by atoms with Crippen molar-refractivity contribution in [3.05, 3.63) is 53.3 Å². The molecule has 0 aliphatic rings. The van der Waals surface area contributed by atoms with Crippen molar-refractivity contribution in [1.29, 1.82) is 0 Å². The normalized spacial score (nSPS) is 11.9. The molecule has 2 rings (SSSR count). The molecule has 2 aromatic rings. The van der Waals surface area contributed by atoms with Gasteiger partial charge in [-0.1, -0.05) is 0 Å². The number of benzene rings is 1. The molecule has 1 aromatic heterocycles. The molecule has 0 saturated heterocycles. The summed E-state index contributed by atoms with van der Waals surface area (Å²) in [6.45, 7) is 1.31. The second kappa shape index (κ2) is 6.71. The molecule has 0 aliphatic heterocycles. The lowest BCUT2D eigenvalue weighted by Gasteiger charge is -2.11. The number of amides is 1. The van der Waals surface area contributed by atoms with Crippen molar-refractivity contribution in [2.24, 2.45) is 0 Å². The van der Waals surface area contributed by atoms with Crippen LogP contribution in [0.3, 0.4) is 0 Å². The van der Waals surface area contributed by atoms with E-state index in [0.29, 0.717) is 11.4 Å². The van der Waals surface area contributed by atoms with Crippen LogP contribution < -0.4 is 10.0 Å². The summed E-state index contributed by atoms with van der Waals surface area (Å²) in [4.78, 5) is 15.6. The van der Waals surface area contributed by atoms with Gasteiger partial charge in [0.15, 0.2) is 0 Å². The monoisotopic (exact) mass is 373 g/mol. The highest BCUT2D eigenvalue weighted by Gasteiger charge is 2.33. The summed E-state index contributed by atoms with van der Waals surface area (Å²) in [6, 6.07) is 7.58. The highest BCUT2D eigenvalue weighted by molar-refractivity contribution is 7.92. The Labute approximate surface area is 142 Å². The first-order chi connectivity index (χ1) is 11.5. The van der Waals surface area contributed by atoms with Crippen LogP contribution in [0.4, 0.5) is 24.5 Å². The Balaban J connectivity index is 2.14. The van der Waals surface area contributed by atoms with E-state index < -0.39 is 27.8 Å². The number of aryl methyl sites for hydroxylation is 1. The zero-order chi connectivity index (χ0) is 18.8. The van der Waals surface area contributed by atoms with Gasteiger partial charge < -0.3 is 5.32 Å². The maximum atomic E-state index is 12.6. The fraction of sp³-hybridized carbons (Fsp3) is 0.200. The predicted molar refractivity (Wildman–Crippen MR) is 86.8 cm³/mol. The molecule has 6 nitrogen and oxygen atoms in total. The van der Waals surface area contributed by atoms with Gasteiger partial charge in [0.25, 0.3) is 5.91 Å².